The van der Waals surface area contributed by atoms with E-state index < -0.39 is 109 Å². The van der Waals surface area contributed by atoms with Crippen LogP contribution in [-0.4, -0.2) is 117 Å². The third-order valence-electron chi connectivity index (χ3n) is 12.3. The Hall–Kier alpha value is -5.09. The lowest BCUT2D eigenvalue weighted by Gasteiger charge is -2.35. The van der Waals surface area contributed by atoms with Crippen molar-refractivity contribution >= 4 is 75.2 Å². The number of hydrogen-bond donors (Lipinski definition) is 5. The summed E-state index contributed by atoms with van der Waals surface area (Å²) in [6.07, 6.45) is 0.0195. The van der Waals surface area contributed by atoms with Gasteiger partial charge >= 0.3 is 6.18 Å². The van der Waals surface area contributed by atoms with Crippen LogP contribution >= 0.6 is 0 Å². The van der Waals surface area contributed by atoms with E-state index in [-0.39, 0.29) is 82.1 Å². The van der Waals surface area contributed by atoms with Crippen molar-refractivity contribution in [3.63, 3.8) is 0 Å². The Morgan fingerprint density at radius 3 is 2.00 bits per heavy atom. The Morgan fingerprint density at radius 1 is 0.819 bits per heavy atom. The quantitative estimate of drug-likeness (QED) is 0.0368. The number of halogens is 3. The molecule has 2 aromatic rings. The molecule has 1 aliphatic carbocycles. The molecular formula is C46H58F3N3O16S4. The zero-order valence-electron chi connectivity index (χ0n) is 39.8. The Balaban J connectivity index is 1.98. The van der Waals surface area contributed by atoms with Crippen LogP contribution < -0.4 is 15.3 Å². The van der Waals surface area contributed by atoms with Gasteiger partial charge in [0.2, 0.25) is 11.6 Å². The number of benzene rings is 2. The highest BCUT2D eigenvalue weighted by atomic mass is 32.2. The predicted octanol–water partition coefficient (Wildman–Crippen LogP) is 5.22. The van der Waals surface area contributed by atoms with Gasteiger partial charge < -0.3 is 20.1 Å². The van der Waals surface area contributed by atoms with Gasteiger partial charge in [-0.05, 0) is 118 Å². The number of aliphatic carboxylic acids is 1. The summed E-state index contributed by atoms with van der Waals surface area (Å²) in [5, 5.41) is 13.3. The average Bonchev–Trinajstić information content (AvgIpc) is 3.47. The molecule has 1 amide bonds. The molecule has 5 N–H and O–H groups in total. The number of hydrogen-bond acceptors (Lipinski definition) is 13. The highest BCUT2D eigenvalue weighted by Crippen LogP contribution is 2.46. The van der Waals surface area contributed by atoms with Crippen molar-refractivity contribution in [1.29, 1.82) is 0 Å². The Morgan fingerprint density at radius 2 is 1.43 bits per heavy atom. The second kappa shape index (κ2) is 23.4. The molecule has 72 heavy (non-hydrogen) atoms. The van der Waals surface area contributed by atoms with Crippen LogP contribution in [0.2, 0.25) is 0 Å². The van der Waals surface area contributed by atoms with Crippen LogP contribution in [-0.2, 0) is 66.7 Å². The molecule has 1 aliphatic heterocycles. The summed E-state index contributed by atoms with van der Waals surface area (Å²) in [7, 11) is -18.3. The molecule has 0 saturated carbocycles. The van der Waals surface area contributed by atoms with Gasteiger partial charge in [-0.15, -0.1) is 0 Å². The minimum atomic E-state index is -5.57. The van der Waals surface area contributed by atoms with E-state index in [1.165, 1.54) is 54.6 Å². The lowest BCUT2D eigenvalue weighted by molar-refractivity contribution is -0.437. The standard InChI is InChI=1S/C46H58F3N3O16S4/c1-5-33-27-35(71(63,64)65)16-18-38(33)51(22-10-24-69(57,58)59)34(6-2)15-13-31-26-32(30-45(29-31,42(55)46(47,48)49)43(56)50-21-9-7-8-12-41(53)54)14-20-40-44(3,4)37-28-36(72(66,67)68)17-19-39(37)52(40)23-11-25-70(60,61)62/h13-20,26-28H,5-12,21-25,29-30H2,1-4H3,(H5-,50,53,54,56,57,58,59,60,61,62,63,64,65,66,67,68). The molecule has 0 radical (unpaired) electrons. The van der Waals surface area contributed by atoms with Gasteiger partial charge in [-0.3, -0.25) is 27.8 Å². The number of ketones is 1. The third-order valence-corrected chi connectivity index (χ3v) is 15.6. The van der Waals surface area contributed by atoms with E-state index in [0.29, 0.717) is 33.9 Å². The van der Waals surface area contributed by atoms with Gasteiger partial charge in [-0.2, -0.15) is 51.4 Å². The van der Waals surface area contributed by atoms with E-state index in [0.717, 1.165) is 12.1 Å². The van der Waals surface area contributed by atoms with E-state index in [9.17, 15) is 84.5 Å². The third kappa shape index (κ3) is 15.7. The normalized spacial score (nSPS) is 18.3. The van der Waals surface area contributed by atoms with Crippen molar-refractivity contribution in [3.8, 4) is 0 Å². The summed E-state index contributed by atoms with van der Waals surface area (Å²) >= 11 is 0. The minimum Gasteiger partial charge on any atom is -0.550 e. The fourth-order valence-electron chi connectivity index (χ4n) is 8.79. The van der Waals surface area contributed by atoms with Gasteiger partial charge in [-0.1, -0.05) is 38.5 Å². The van der Waals surface area contributed by atoms with Gasteiger partial charge in [0.1, 0.15) is 12.0 Å². The van der Waals surface area contributed by atoms with Gasteiger partial charge in [0.05, 0.1) is 26.7 Å². The van der Waals surface area contributed by atoms with Crippen molar-refractivity contribution in [2.75, 3.05) is 36.0 Å². The molecule has 0 saturated heterocycles. The average molecular weight is 1090 g/mol. The van der Waals surface area contributed by atoms with Crippen LogP contribution in [0.1, 0.15) is 96.6 Å². The molecule has 398 valence electrons. The fourth-order valence-corrected chi connectivity index (χ4v) is 10.8. The van der Waals surface area contributed by atoms with Gasteiger partial charge in [-0.25, -0.2) is 0 Å². The van der Waals surface area contributed by atoms with Crippen LogP contribution in [0.5, 0.6) is 0 Å². The second-order valence-corrected chi connectivity index (χ2v) is 23.9. The molecule has 1 unspecified atom stereocenters. The highest BCUT2D eigenvalue weighted by molar-refractivity contribution is 7.86. The lowest BCUT2D eigenvalue weighted by Crippen LogP contribution is -2.52. The summed E-state index contributed by atoms with van der Waals surface area (Å²) in [4.78, 5) is 39.6. The van der Waals surface area contributed by atoms with Crippen molar-refractivity contribution in [2.24, 2.45) is 5.41 Å². The highest BCUT2D eigenvalue weighted by Gasteiger charge is 2.58. The molecule has 19 nitrogen and oxygen atoms in total. The number of Topliss-reactive ketones (excluding diaryl/α,β-unsaturated/α-hetero) is 1. The number of fused-ring (bicyclic) bond motifs is 1. The molecule has 2 aromatic carbocycles. The molecule has 0 fully saturated rings. The maximum absolute atomic E-state index is 14.8. The number of carbonyl (C=O) groups excluding carboxylic acids is 3. The molecular weight excluding hydrogens is 1040 g/mol. The Labute approximate surface area is 417 Å². The smallest absolute Gasteiger partial charge is 0.451 e. The largest absolute Gasteiger partial charge is 0.550 e. The number of rotatable bonds is 25. The number of anilines is 1. The maximum atomic E-state index is 14.8. The van der Waals surface area contributed by atoms with Crippen LogP contribution in [0.3, 0.4) is 0 Å². The number of carbonyl (C=O) groups is 3. The van der Waals surface area contributed by atoms with Crippen LogP contribution in [0.4, 0.5) is 24.5 Å². The minimum absolute atomic E-state index is 0.00416. The van der Waals surface area contributed by atoms with E-state index in [4.69, 9.17) is 0 Å². The fraction of sp³-hybridized carbons (Fsp3) is 0.478. The first-order chi connectivity index (χ1) is 33.1. The molecule has 0 aromatic heterocycles. The molecule has 1 atom stereocenters. The lowest BCUT2D eigenvalue weighted by atomic mass is 9.68. The van der Waals surface area contributed by atoms with Crippen LogP contribution in [0.25, 0.3) is 0 Å². The van der Waals surface area contributed by atoms with Crippen LogP contribution in [0, 0.1) is 5.41 Å². The van der Waals surface area contributed by atoms with E-state index in [1.54, 1.807) is 37.2 Å². The summed E-state index contributed by atoms with van der Waals surface area (Å²) in [5.41, 5.74) is -1.92. The molecule has 2 aliphatic rings. The molecule has 4 rings (SSSR count). The number of carboxylic acid groups (broad SMARTS) is 1. The Bertz CT molecular complexity index is 3050. The van der Waals surface area contributed by atoms with Crippen molar-refractivity contribution in [2.45, 2.75) is 113 Å². The summed E-state index contributed by atoms with van der Waals surface area (Å²) in [6, 6.07) is 7.35. The molecule has 26 heteroatoms. The van der Waals surface area contributed by atoms with E-state index in [1.807, 2.05) is 0 Å². The van der Waals surface area contributed by atoms with E-state index >= 15 is 0 Å². The Kier molecular flexibility index (Phi) is 19.3. The molecule has 1 heterocycles. The zero-order chi connectivity index (χ0) is 54.3. The number of nitrogens with zero attached hydrogens (tertiary/aromatic N) is 2. The number of allylic oxidation sites excluding steroid dienone is 8. The topological polar surface area (TPSA) is 310 Å². The second-order valence-electron chi connectivity index (χ2n) is 17.9. The van der Waals surface area contributed by atoms with Gasteiger partial charge in [0, 0.05) is 54.6 Å². The number of aryl methyl sites for hydroxylation is 1. The first-order valence-electron chi connectivity index (χ1n) is 22.6. The number of amides is 1. The number of alkyl halides is 3. The summed E-state index contributed by atoms with van der Waals surface area (Å²) in [6.45, 7) is 6.21. The number of nitrogens with one attached hydrogen (secondary N) is 1. The van der Waals surface area contributed by atoms with Crippen LogP contribution in [0.15, 0.2) is 93.4 Å². The summed E-state index contributed by atoms with van der Waals surface area (Å²) in [5.74, 6) is -6.39. The van der Waals surface area contributed by atoms with Crippen molar-refractivity contribution in [3.05, 3.63) is 94.7 Å². The van der Waals surface area contributed by atoms with E-state index in [2.05, 4.69) is 5.32 Å². The number of carboxylic acids is 1. The predicted molar refractivity (Wildman–Crippen MR) is 257 cm³/mol. The van der Waals surface area contributed by atoms with Gasteiger partial charge in [0.25, 0.3) is 46.3 Å². The summed E-state index contributed by atoms with van der Waals surface area (Å²) < 4.78 is 180. The van der Waals surface area contributed by atoms with Gasteiger partial charge in [0.15, 0.2) is 5.71 Å². The van der Waals surface area contributed by atoms with Crippen molar-refractivity contribution < 1.29 is 89.1 Å². The SMILES string of the molecule is CC/C(=C\C=C1C=C(/C=C/C2=[N+](CCCS(=O)(=O)O)c3ccc(S(=O)(=O)O)cc3C2(C)C)CC(C(=O)NCCCCCC(=O)[O-])(C(=O)C(F)(F)F)C\1)N(CCCS(=O)(=O)O)c1ccc(S(=O)(=O)O)cc1CC. The van der Waals surface area contributed by atoms with Crippen molar-refractivity contribution in [1.82, 2.24) is 5.32 Å². The molecule has 0 spiro atoms. The first-order valence-corrected chi connectivity index (χ1v) is 28.7. The monoisotopic (exact) mass is 1090 g/mol. The zero-order valence-corrected chi connectivity index (χ0v) is 43.1. The number of unbranched alkanes of at least 4 members (excludes halogenated alkanes) is 2. The first kappa shape index (κ1) is 59.5. The molecule has 0 bridgehead atoms. The maximum Gasteiger partial charge on any atom is 0.451 e.